The number of thiazole rings is 1. The molecule has 1 aliphatic carbocycles. The third-order valence-corrected chi connectivity index (χ3v) is 5.40. The van der Waals surface area contributed by atoms with Gasteiger partial charge in [-0.2, -0.15) is 5.10 Å². The highest BCUT2D eigenvalue weighted by atomic mass is 32.1. The van der Waals surface area contributed by atoms with Gasteiger partial charge in [0.2, 0.25) is 0 Å². The minimum absolute atomic E-state index is 0.164. The predicted molar refractivity (Wildman–Crippen MR) is 88.4 cm³/mol. The fourth-order valence-corrected chi connectivity index (χ4v) is 3.66. The molecule has 0 radical (unpaired) electrons. The number of aromatic nitrogens is 3. The first kappa shape index (κ1) is 15.5. The molecule has 1 amide bonds. The molecule has 2 atom stereocenters. The van der Waals surface area contributed by atoms with Gasteiger partial charge < -0.3 is 10.1 Å². The van der Waals surface area contributed by atoms with Crippen molar-refractivity contribution in [2.45, 2.75) is 37.8 Å². The second-order valence-corrected chi connectivity index (χ2v) is 7.12. The molecule has 2 fully saturated rings. The number of carbonyl (C=O) groups is 1. The molecule has 7 nitrogen and oxygen atoms in total. The van der Waals surface area contributed by atoms with E-state index in [0.29, 0.717) is 29.7 Å². The summed E-state index contributed by atoms with van der Waals surface area (Å²) < 4.78 is 6.99. The summed E-state index contributed by atoms with van der Waals surface area (Å²) in [5.74, 6) is 0.286. The quantitative estimate of drug-likeness (QED) is 0.901. The van der Waals surface area contributed by atoms with Crippen LogP contribution in [0.5, 0.6) is 0 Å². The van der Waals surface area contributed by atoms with Gasteiger partial charge in [0.25, 0.3) is 11.5 Å². The summed E-state index contributed by atoms with van der Waals surface area (Å²) in [6, 6.07) is 2.80. The maximum Gasteiger partial charge on any atom is 0.267 e. The van der Waals surface area contributed by atoms with Crippen molar-refractivity contribution in [3.8, 4) is 0 Å². The Morgan fingerprint density at radius 3 is 2.92 bits per heavy atom. The van der Waals surface area contributed by atoms with E-state index < -0.39 is 0 Å². The van der Waals surface area contributed by atoms with Crippen molar-refractivity contribution in [2.24, 2.45) is 0 Å². The molecule has 3 heterocycles. The van der Waals surface area contributed by atoms with Crippen LogP contribution in [0.1, 0.15) is 45.9 Å². The van der Waals surface area contributed by atoms with Crippen LogP contribution in [0.4, 0.5) is 0 Å². The van der Waals surface area contributed by atoms with Crippen LogP contribution in [0.25, 0.3) is 0 Å². The minimum Gasteiger partial charge on any atom is -0.377 e. The van der Waals surface area contributed by atoms with Crippen LogP contribution in [0.2, 0.25) is 0 Å². The number of hydrogen-bond acceptors (Lipinski definition) is 6. The van der Waals surface area contributed by atoms with E-state index in [1.807, 2.05) is 0 Å². The summed E-state index contributed by atoms with van der Waals surface area (Å²) in [5, 5.41) is 7.49. The van der Waals surface area contributed by atoms with Crippen molar-refractivity contribution in [2.75, 3.05) is 13.2 Å². The maximum atomic E-state index is 12.4. The molecule has 2 aromatic rings. The molecule has 2 aromatic heterocycles. The number of amides is 1. The second kappa shape index (κ2) is 6.10. The number of rotatable bonds is 4. The first-order chi connectivity index (χ1) is 11.6. The van der Waals surface area contributed by atoms with Gasteiger partial charge in [-0.25, -0.2) is 9.67 Å². The van der Waals surface area contributed by atoms with E-state index in [2.05, 4.69) is 15.4 Å². The zero-order valence-corrected chi connectivity index (χ0v) is 14.1. The van der Waals surface area contributed by atoms with Gasteiger partial charge in [-0.05, 0) is 25.8 Å². The van der Waals surface area contributed by atoms with Crippen molar-refractivity contribution >= 4 is 17.2 Å². The molecule has 2 unspecified atom stereocenters. The molecule has 0 bridgehead atoms. The number of ether oxygens (including phenoxy) is 1. The summed E-state index contributed by atoms with van der Waals surface area (Å²) in [7, 11) is 0. The van der Waals surface area contributed by atoms with Gasteiger partial charge in [-0.3, -0.25) is 9.59 Å². The lowest BCUT2D eigenvalue weighted by molar-refractivity contribution is 0.0928. The van der Waals surface area contributed by atoms with Gasteiger partial charge in [0, 0.05) is 12.0 Å². The van der Waals surface area contributed by atoms with Gasteiger partial charge in [0.15, 0.2) is 0 Å². The van der Waals surface area contributed by atoms with Crippen LogP contribution in [0, 0.1) is 6.92 Å². The fraction of sp³-hybridized carbons (Fsp3) is 0.500. The van der Waals surface area contributed by atoms with Crippen LogP contribution >= 0.6 is 11.3 Å². The van der Waals surface area contributed by atoms with Crippen LogP contribution in [0.3, 0.4) is 0 Å². The zero-order valence-electron chi connectivity index (χ0n) is 13.3. The van der Waals surface area contributed by atoms with Crippen LogP contribution in [-0.2, 0) is 4.74 Å². The number of hydrogen-bond donors (Lipinski definition) is 1. The molecule has 0 aromatic carbocycles. The lowest BCUT2D eigenvalue weighted by atomic mass is 10.1. The smallest absolute Gasteiger partial charge is 0.267 e. The summed E-state index contributed by atoms with van der Waals surface area (Å²) in [4.78, 5) is 29.4. The number of carbonyl (C=O) groups excluding carboxylic acids is 1. The Morgan fingerprint density at radius 1 is 1.38 bits per heavy atom. The van der Waals surface area contributed by atoms with Crippen molar-refractivity contribution in [3.63, 3.8) is 0 Å². The first-order valence-corrected chi connectivity index (χ1v) is 8.90. The second-order valence-electron chi connectivity index (χ2n) is 6.27. The molecule has 1 N–H and O–H groups in total. The molecule has 0 spiro atoms. The highest BCUT2D eigenvalue weighted by molar-refractivity contribution is 7.11. The van der Waals surface area contributed by atoms with E-state index >= 15 is 0 Å². The van der Waals surface area contributed by atoms with Crippen LogP contribution in [-0.4, -0.2) is 39.9 Å². The molecular weight excluding hydrogens is 328 g/mol. The standard InChI is InChI=1S/C16H18N4O3S/c1-9-15(24-8-17-9)16(22)18-12-6-23-7-13(12)20-14(21)5-4-11(19-20)10-2-3-10/h4-5,8,10,12-13H,2-3,6-7H2,1H3,(H,18,22). The topological polar surface area (TPSA) is 86.1 Å². The molecule has 4 rings (SSSR count). The Morgan fingerprint density at radius 2 is 2.21 bits per heavy atom. The Hall–Kier alpha value is -2.06. The summed E-state index contributed by atoms with van der Waals surface area (Å²) in [5.41, 5.74) is 3.14. The predicted octanol–water partition coefficient (Wildman–Crippen LogP) is 1.26. The number of aryl methyl sites for hydroxylation is 1. The van der Waals surface area contributed by atoms with E-state index in [1.54, 1.807) is 24.6 Å². The minimum atomic E-state index is -0.284. The Balaban J connectivity index is 1.57. The molecule has 1 saturated carbocycles. The Kier molecular flexibility index (Phi) is 3.93. The monoisotopic (exact) mass is 346 g/mol. The summed E-state index contributed by atoms with van der Waals surface area (Å²) in [6.45, 7) is 2.54. The lowest BCUT2D eigenvalue weighted by Gasteiger charge is -2.20. The molecule has 1 saturated heterocycles. The molecular formula is C16H18N4O3S. The van der Waals surface area contributed by atoms with E-state index in [9.17, 15) is 9.59 Å². The number of nitrogens with one attached hydrogen (secondary N) is 1. The SMILES string of the molecule is Cc1ncsc1C(=O)NC1COCC1n1nc(C2CC2)ccc1=O. The largest absolute Gasteiger partial charge is 0.377 e. The third-order valence-electron chi connectivity index (χ3n) is 4.47. The van der Waals surface area contributed by atoms with Gasteiger partial charge in [0.1, 0.15) is 10.9 Å². The van der Waals surface area contributed by atoms with E-state index in [1.165, 1.54) is 16.0 Å². The molecule has 2 aliphatic rings. The molecule has 24 heavy (non-hydrogen) atoms. The summed E-state index contributed by atoms with van der Waals surface area (Å²) >= 11 is 1.31. The van der Waals surface area contributed by atoms with Crippen molar-refractivity contribution in [1.82, 2.24) is 20.1 Å². The van der Waals surface area contributed by atoms with Gasteiger partial charge in [-0.15, -0.1) is 11.3 Å². The number of nitrogens with zero attached hydrogens (tertiary/aromatic N) is 3. The van der Waals surface area contributed by atoms with Crippen LogP contribution in [0.15, 0.2) is 22.4 Å². The lowest BCUT2D eigenvalue weighted by Crippen LogP contribution is -2.44. The first-order valence-electron chi connectivity index (χ1n) is 8.02. The normalized spacial score (nSPS) is 23.4. The average Bonchev–Trinajstić information content (AvgIpc) is 3.17. The van der Waals surface area contributed by atoms with Gasteiger partial charge >= 0.3 is 0 Å². The van der Waals surface area contributed by atoms with Gasteiger partial charge in [-0.1, -0.05) is 0 Å². The highest BCUT2D eigenvalue weighted by Crippen LogP contribution is 2.38. The summed E-state index contributed by atoms with van der Waals surface area (Å²) in [6.07, 6.45) is 2.24. The Labute approximate surface area is 142 Å². The van der Waals surface area contributed by atoms with Crippen molar-refractivity contribution < 1.29 is 9.53 Å². The maximum absolute atomic E-state index is 12.4. The molecule has 126 valence electrons. The van der Waals surface area contributed by atoms with Crippen molar-refractivity contribution in [1.29, 1.82) is 0 Å². The van der Waals surface area contributed by atoms with E-state index in [-0.39, 0.29) is 23.6 Å². The van der Waals surface area contributed by atoms with E-state index in [0.717, 1.165) is 18.5 Å². The molecule has 8 heteroatoms. The van der Waals surface area contributed by atoms with E-state index in [4.69, 9.17) is 4.74 Å². The molecule has 1 aliphatic heterocycles. The van der Waals surface area contributed by atoms with Gasteiger partial charge in [0.05, 0.1) is 36.2 Å². The zero-order chi connectivity index (χ0) is 16.7. The fourth-order valence-electron chi connectivity index (χ4n) is 2.95. The Bertz CT molecular complexity index is 827. The average molecular weight is 346 g/mol. The van der Waals surface area contributed by atoms with Crippen molar-refractivity contribution in [3.05, 3.63) is 44.3 Å². The highest BCUT2D eigenvalue weighted by Gasteiger charge is 2.34. The van der Waals surface area contributed by atoms with Crippen LogP contribution < -0.4 is 10.9 Å². The third kappa shape index (κ3) is 2.87.